The summed E-state index contributed by atoms with van der Waals surface area (Å²) in [6.45, 7) is 5.63. The summed E-state index contributed by atoms with van der Waals surface area (Å²) in [6, 6.07) is 0.766. The van der Waals surface area contributed by atoms with Crippen molar-refractivity contribution in [3.8, 4) is 0 Å². The predicted molar refractivity (Wildman–Crippen MR) is 73.6 cm³/mol. The Morgan fingerprint density at radius 1 is 1.00 bits per heavy atom. The molecular formula is C14H25N3O2. The molecule has 0 unspecified atom stereocenters. The smallest absolute Gasteiger partial charge is 0.234 e. The molecule has 2 fully saturated rings. The highest BCUT2D eigenvalue weighted by molar-refractivity contribution is 5.81. The van der Waals surface area contributed by atoms with E-state index in [1.165, 1.54) is 0 Å². The van der Waals surface area contributed by atoms with Gasteiger partial charge in [0.15, 0.2) is 0 Å². The quantitative estimate of drug-likeness (QED) is 0.673. The lowest BCUT2D eigenvalue weighted by Crippen LogP contribution is -2.45. The Morgan fingerprint density at radius 2 is 1.42 bits per heavy atom. The van der Waals surface area contributed by atoms with Gasteiger partial charge in [0.05, 0.1) is 13.1 Å². The molecule has 0 aromatic rings. The third-order valence-corrected chi connectivity index (χ3v) is 3.24. The van der Waals surface area contributed by atoms with E-state index in [1.54, 1.807) is 0 Å². The molecule has 2 N–H and O–H groups in total. The molecule has 0 atom stereocenters. The van der Waals surface area contributed by atoms with Gasteiger partial charge in [0.25, 0.3) is 0 Å². The molecule has 2 saturated carbocycles. The van der Waals surface area contributed by atoms with Crippen molar-refractivity contribution < 1.29 is 9.59 Å². The molecule has 5 heteroatoms. The van der Waals surface area contributed by atoms with Gasteiger partial charge in [-0.2, -0.15) is 0 Å². The average Bonchev–Trinajstić information content (AvgIpc) is 3.12. The molecule has 0 saturated heterocycles. The number of rotatable bonds is 8. The fourth-order valence-corrected chi connectivity index (χ4v) is 2.11. The number of nitrogens with zero attached hydrogens (tertiary/aromatic N) is 1. The van der Waals surface area contributed by atoms with Crippen molar-refractivity contribution >= 4 is 11.8 Å². The van der Waals surface area contributed by atoms with Crippen LogP contribution in [0.5, 0.6) is 0 Å². The fourth-order valence-electron chi connectivity index (χ4n) is 2.11. The lowest BCUT2D eigenvalue weighted by molar-refractivity contribution is -0.125. The van der Waals surface area contributed by atoms with Crippen molar-refractivity contribution in [2.75, 3.05) is 19.6 Å². The van der Waals surface area contributed by atoms with Crippen LogP contribution in [0.2, 0.25) is 0 Å². The lowest BCUT2D eigenvalue weighted by atomic mass is 10.2. The van der Waals surface area contributed by atoms with Crippen LogP contribution < -0.4 is 10.6 Å². The van der Waals surface area contributed by atoms with Gasteiger partial charge in [-0.1, -0.05) is 13.8 Å². The maximum atomic E-state index is 11.8. The van der Waals surface area contributed by atoms with E-state index < -0.39 is 0 Å². The summed E-state index contributed by atoms with van der Waals surface area (Å²) in [5.74, 6) is 0.534. The first-order valence-corrected chi connectivity index (χ1v) is 7.34. The number of amides is 2. The molecular weight excluding hydrogens is 242 g/mol. The highest BCUT2D eigenvalue weighted by Crippen LogP contribution is 2.19. The molecule has 2 rings (SSSR count). The first-order chi connectivity index (χ1) is 9.02. The number of carbonyl (C=O) groups excluding carboxylic acids is 2. The SMILES string of the molecule is CC(C)CN(CC(=O)NC1CC1)CC(=O)NC1CC1. The molecule has 0 aliphatic heterocycles. The standard InChI is InChI=1S/C14H25N3O2/c1-10(2)7-17(8-13(18)15-11-3-4-11)9-14(19)16-12-5-6-12/h10-12H,3-9H2,1-2H3,(H,15,18)(H,16,19). The van der Waals surface area contributed by atoms with Gasteiger partial charge in [0.1, 0.15) is 0 Å². The van der Waals surface area contributed by atoms with Crippen LogP contribution in [0.3, 0.4) is 0 Å². The van der Waals surface area contributed by atoms with Gasteiger partial charge in [-0.25, -0.2) is 0 Å². The third-order valence-electron chi connectivity index (χ3n) is 3.24. The van der Waals surface area contributed by atoms with Gasteiger partial charge < -0.3 is 10.6 Å². The molecule has 0 aromatic heterocycles. The Balaban J connectivity index is 1.75. The monoisotopic (exact) mass is 267 g/mol. The van der Waals surface area contributed by atoms with Crippen LogP contribution in [0.4, 0.5) is 0 Å². The van der Waals surface area contributed by atoms with Crippen molar-refractivity contribution in [1.29, 1.82) is 0 Å². The van der Waals surface area contributed by atoms with E-state index in [0.717, 1.165) is 32.2 Å². The van der Waals surface area contributed by atoms with E-state index in [0.29, 0.717) is 31.1 Å². The highest BCUT2D eigenvalue weighted by atomic mass is 16.2. The van der Waals surface area contributed by atoms with E-state index in [4.69, 9.17) is 0 Å². The molecule has 108 valence electrons. The Morgan fingerprint density at radius 3 is 1.74 bits per heavy atom. The second-order valence-corrected chi connectivity index (χ2v) is 6.25. The zero-order chi connectivity index (χ0) is 13.8. The van der Waals surface area contributed by atoms with Crippen molar-refractivity contribution in [3.63, 3.8) is 0 Å². The minimum Gasteiger partial charge on any atom is -0.352 e. The summed E-state index contributed by atoms with van der Waals surface area (Å²) in [5, 5.41) is 5.94. The molecule has 0 heterocycles. The summed E-state index contributed by atoms with van der Waals surface area (Å²) in [5.41, 5.74) is 0. The van der Waals surface area contributed by atoms with E-state index in [2.05, 4.69) is 24.5 Å². The van der Waals surface area contributed by atoms with Gasteiger partial charge in [-0.15, -0.1) is 0 Å². The molecule has 0 aromatic carbocycles. The van der Waals surface area contributed by atoms with Crippen molar-refractivity contribution in [2.45, 2.75) is 51.6 Å². The van der Waals surface area contributed by atoms with Crippen LogP contribution in [0.15, 0.2) is 0 Å². The largest absolute Gasteiger partial charge is 0.352 e. The van der Waals surface area contributed by atoms with Gasteiger partial charge in [-0.3, -0.25) is 14.5 Å². The normalized spacial score (nSPS) is 18.7. The zero-order valence-electron chi connectivity index (χ0n) is 11.9. The maximum absolute atomic E-state index is 11.8. The topological polar surface area (TPSA) is 61.4 Å². The van der Waals surface area contributed by atoms with E-state index in [9.17, 15) is 9.59 Å². The van der Waals surface area contributed by atoms with Crippen molar-refractivity contribution in [1.82, 2.24) is 15.5 Å². The van der Waals surface area contributed by atoms with Crippen LogP contribution >= 0.6 is 0 Å². The second-order valence-electron chi connectivity index (χ2n) is 6.25. The lowest BCUT2D eigenvalue weighted by Gasteiger charge is -2.23. The highest BCUT2D eigenvalue weighted by Gasteiger charge is 2.26. The first-order valence-electron chi connectivity index (χ1n) is 7.34. The van der Waals surface area contributed by atoms with E-state index in [-0.39, 0.29) is 11.8 Å². The Hall–Kier alpha value is -1.10. The van der Waals surface area contributed by atoms with Gasteiger partial charge in [-0.05, 0) is 31.6 Å². The Labute approximate surface area is 115 Å². The third kappa shape index (κ3) is 6.05. The molecule has 0 radical (unpaired) electrons. The number of hydrogen-bond donors (Lipinski definition) is 2. The minimum atomic E-state index is 0.0439. The molecule has 5 nitrogen and oxygen atoms in total. The fraction of sp³-hybridized carbons (Fsp3) is 0.857. The number of carbonyl (C=O) groups is 2. The summed E-state index contributed by atoms with van der Waals surface area (Å²) in [4.78, 5) is 25.6. The molecule has 2 aliphatic carbocycles. The van der Waals surface area contributed by atoms with Gasteiger partial charge in [0, 0.05) is 18.6 Å². The van der Waals surface area contributed by atoms with Crippen LogP contribution in [0.25, 0.3) is 0 Å². The van der Waals surface area contributed by atoms with E-state index in [1.807, 2.05) is 4.90 Å². The summed E-state index contributed by atoms with van der Waals surface area (Å²) in [6.07, 6.45) is 4.38. The van der Waals surface area contributed by atoms with Crippen LogP contribution in [-0.2, 0) is 9.59 Å². The molecule has 2 amide bonds. The molecule has 19 heavy (non-hydrogen) atoms. The van der Waals surface area contributed by atoms with Gasteiger partial charge >= 0.3 is 0 Å². The molecule has 0 bridgehead atoms. The van der Waals surface area contributed by atoms with Crippen LogP contribution in [0, 0.1) is 5.92 Å². The number of hydrogen-bond acceptors (Lipinski definition) is 3. The Kier molecular flexibility index (Phi) is 4.80. The maximum Gasteiger partial charge on any atom is 0.234 e. The summed E-state index contributed by atoms with van der Waals surface area (Å²) in [7, 11) is 0. The summed E-state index contributed by atoms with van der Waals surface area (Å²) < 4.78 is 0. The first kappa shape index (κ1) is 14.3. The zero-order valence-corrected chi connectivity index (χ0v) is 11.9. The Bertz CT molecular complexity index is 308. The second kappa shape index (κ2) is 6.37. The van der Waals surface area contributed by atoms with Gasteiger partial charge in [0.2, 0.25) is 11.8 Å². The summed E-state index contributed by atoms with van der Waals surface area (Å²) >= 11 is 0. The minimum absolute atomic E-state index is 0.0439. The molecule has 2 aliphatic rings. The van der Waals surface area contributed by atoms with Crippen LogP contribution in [0.1, 0.15) is 39.5 Å². The number of nitrogens with one attached hydrogen (secondary N) is 2. The van der Waals surface area contributed by atoms with Crippen molar-refractivity contribution in [3.05, 3.63) is 0 Å². The molecule has 0 spiro atoms. The van der Waals surface area contributed by atoms with Crippen molar-refractivity contribution in [2.24, 2.45) is 5.92 Å². The van der Waals surface area contributed by atoms with E-state index >= 15 is 0 Å². The van der Waals surface area contributed by atoms with Crippen LogP contribution in [-0.4, -0.2) is 48.4 Å². The predicted octanol–water partition coefficient (Wildman–Crippen LogP) is 0.502. The average molecular weight is 267 g/mol.